The summed E-state index contributed by atoms with van der Waals surface area (Å²) in [5.41, 5.74) is -0.876. The molecule has 2 heterocycles. The number of alkyl halides is 3. The molecule has 2 aliphatic heterocycles. The molecule has 2 saturated heterocycles. The van der Waals surface area contributed by atoms with E-state index in [1.54, 1.807) is 4.90 Å². The molecule has 1 unspecified atom stereocenters. The number of likely N-dealkylation sites (tertiary alicyclic amines) is 1. The second-order valence-corrected chi connectivity index (χ2v) is 6.55. The maximum Gasteiger partial charge on any atom is 0.416 e. The van der Waals surface area contributed by atoms with Crippen LogP contribution in [0.1, 0.15) is 41.6 Å². The third kappa shape index (κ3) is 3.57. The highest BCUT2D eigenvalue weighted by Crippen LogP contribution is 2.35. The van der Waals surface area contributed by atoms with Gasteiger partial charge in [0, 0.05) is 31.7 Å². The van der Waals surface area contributed by atoms with Crippen molar-refractivity contribution in [3.05, 3.63) is 35.4 Å². The summed E-state index contributed by atoms with van der Waals surface area (Å²) in [6.07, 6.45) is -2.29. The fraction of sp³-hybridized carbons (Fsp3) is 0.588. The van der Waals surface area contributed by atoms with Gasteiger partial charge in [0.1, 0.15) is 0 Å². The molecule has 0 aliphatic carbocycles. The monoisotopic (exact) mass is 343 g/mol. The Morgan fingerprint density at radius 2 is 1.83 bits per heavy atom. The van der Waals surface area contributed by atoms with Crippen LogP contribution in [0.25, 0.3) is 0 Å². The van der Waals surface area contributed by atoms with Gasteiger partial charge in [-0.25, -0.2) is 0 Å². The molecule has 1 aromatic carbocycles. The van der Waals surface area contributed by atoms with Crippen LogP contribution in [0.4, 0.5) is 13.2 Å². The molecule has 0 bridgehead atoms. The maximum atomic E-state index is 12.6. The van der Waals surface area contributed by atoms with Gasteiger partial charge in [-0.05, 0) is 43.5 Å². The lowest BCUT2D eigenvalue weighted by Gasteiger charge is -2.45. The predicted molar refractivity (Wildman–Crippen MR) is 80.5 cm³/mol. The van der Waals surface area contributed by atoms with Crippen molar-refractivity contribution >= 4 is 5.91 Å². The Labute approximate surface area is 138 Å². The minimum Gasteiger partial charge on any atom is -0.393 e. The lowest BCUT2D eigenvalue weighted by molar-refractivity contribution is -0.140. The number of piperidine rings is 1. The Balaban J connectivity index is 1.63. The number of nitrogens with zero attached hydrogens (tertiary/aromatic N) is 1. The normalized spacial score (nSPS) is 24.2. The van der Waals surface area contributed by atoms with Crippen LogP contribution in [0.15, 0.2) is 24.3 Å². The van der Waals surface area contributed by atoms with Gasteiger partial charge in [-0.15, -0.1) is 0 Å². The molecule has 0 radical (unpaired) electrons. The number of halogens is 3. The van der Waals surface area contributed by atoms with Crippen LogP contribution < -0.4 is 0 Å². The van der Waals surface area contributed by atoms with E-state index in [1.807, 2.05) is 0 Å². The number of hydrogen-bond donors (Lipinski definition) is 1. The summed E-state index contributed by atoms with van der Waals surface area (Å²) < 4.78 is 43.6. The SMILES string of the molecule is O=C(c1ccc(C(F)(F)F)cc1)N1CCC2(CC1)CC(O)CCO2. The summed E-state index contributed by atoms with van der Waals surface area (Å²) in [5.74, 6) is -0.269. The Hall–Kier alpha value is -1.60. The minimum atomic E-state index is -4.40. The number of ether oxygens (including phenoxy) is 1. The van der Waals surface area contributed by atoms with Crippen molar-refractivity contribution in [1.29, 1.82) is 0 Å². The van der Waals surface area contributed by atoms with Crippen molar-refractivity contribution in [1.82, 2.24) is 4.90 Å². The summed E-state index contributed by atoms with van der Waals surface area (Å²) in [7, 11) is 0. The minimum absolute atomic E-state index is 0.253. The first-order chi connectivity index (χ1) is 11.3. The number of carbonyl (C=O) groups is 1. The van der Waals surface area contributed by atoms with E-state index in [4.69, 9.17) is 4.74 Å². The van der Waals surface area contributed by atoms with Crippen molar-refractivity contribution in [3.8, 4) is 0 Å². The zero-order chi connectivity index (χ0) is 17.4. The molecule has 3 rings (SSSR count). The fourth-order valence-electron chi connectivity index (χ4n) is 3.45. The van der Waals surface area contributed by atoms with E-state index < -0.39 is 11.7 Å². The van der Waals surface area contributed by atoms with Crippen molar-refractivity contribution in [2.24, 2.45) is 0 Å². The summed E-state index contributed by atoms with van der Waals surface area (Å²) >= 11 is 0. The molecule has 0 aromatic heterocycles. The zero-order valence-electron chi connectivity index (χ0n) is 13.2. The third-order valence-electron chi connectivity index (χ3n) is 4.89. The fourth-order valence-corrected chi connectivity index (χ4v) is 3.45. The highest BCUT2D eigenvalue weighted by molar-refractivity contribution is 5.94. The summed E-state index contributed by atoms with van der Waals surface area (Å²) in [4.78, 5) is 14.1. The van der Waals surface area contributed by atoms with E-state index in [0.29, 0.717) is 45.4 Å². The van der Waals surface area contributed by atoms with Crippen LogP contribution in [0.3, 0.4) is 0 Å². The van der Waals surface area contributed by atoms with Crippen LogP contribution in [0.2, 0.25) is 0 Å². The molecular formula is C17H20F3NO3. The van der Waals surface area contributed by atoms with Gasteiger partial charge in [0.2, 0.25) is 0 Å². The highest BCUT2D eigenvalue weighted by atomic mass is 19.4. The van der Waals surface area contributed by atoms with Gasteiger partial charge >= 0.3 is 6.18 Å². The van der Waals surface area contributed by atoms with Gasteiger partial charge in [-0.2, -0.15) is 13.2 Å². The Morgan fingerprint density at radius 1 is 1.21 bits per heavy atom. The smallest absolute Gasteiger partial charge is 0.393 e. The first-order valence-electron chi connectivity index (χ1n) is 8.08. The van der Waals surface area contributed by atoms with Gasteiger partial charge in [-0.3, -0.25) is 4.79 Å². The second-order valence-electron chi connectivity index (χ2n) is 6.55. The quantitative estimate of drug-likeness (QED) is 0.853. The molecule has 0 saturated carbocycles. The van der Waals surface area contributed by atoms with Gasteiger partial charge in [0.25, 0.3) is 5.91 Å². The van der Waals surface area contributed by atoms with E-state index in [1.165, 1.54) is 12.1 Å². The molecular weight excluding hydrogens is 323 g/mol. The average molecular weight is 343 g/mol. The van der Waals surface area contributed by atoms with Gasteiger partial charge in [0.15, 0.2) is 0 Å². The number of amides is 1. The number of rotatable bonds is 1. The van der Waals surface area contributed by atoms with Gasteiger partial charge in [0.05, 0.1) is 17.3 Å². The number of carbonyl (C=O) groups excluding carboxylic acids is 1. The maximum absolute atomic E-state index is 12.6. The number of hydrogen-bond acceptors (Lipinski definition) is 3. The number of aliphatic hydroxyl groups excluding tert-OH is 1. The molecule has 1 spiro atoms. The predicted octanol–water partition coefficient (Wildman–Crippen LogP) is 2.85. The largest absolute Gasteiger partial charge is 0.416 e. The topological polar surface area (TPSA) is 49.8 Å². The van der Waals surface area contributed by atoms with E-state index in [2.05, 4.69) is 0 Å². The Bertz CT molecular complexity index is 592. The van der Waals surface area contributed by atoms with Crippen molar-refractivity contribution in [2.75, 3.05) is 19.7 Å². The lowest BCUT2D eigenvalue weighted by Crippen LogP contribution is -2.51. The van der Waals surface area contributed by atoms with E-state index >= 15 is 0 Å². The molecule has 2 aliphatic rings. The molecule has 4 nitrogen and oxygen atoms in total. The first kappa shape index (κ1) is 17.2. The molecule has 7 heteroatoms. The van der Waals surface area contributed by atoms with Crippen LogP contribution in [0, 0.1) is 0 Å². The van der Waals surface area contributed by atoms with E-state index in [0.717, 1.165) is 12.1 Å². The third-order valence-corrected chi connectivity index (χ3v) is 4.89. The molecule has 24 heavy (non-hydrogen) atoms. The van der Waals surface area contributed by atoms with Crippen LogP contribution >= 0.6 is 0 Å². The van der Waals surface area contributed by atoms with E-state index in [9.17, 15) is 23.1 Å². The highest BCUT2D eigenvalue weighted by Gasteiger charge is 2.41. The van der Waals surface area contributed by atoms with Gasteiger partial charge in [-0.1, -0.05) is 0 Å². The standard InChI is InChI=1S/C17H20F3NO3/c18-17(19,20)13-3-1-12(2-4-13)15(23)21-8-6-16(7-9-21)11-14(22)5-10-24-16/h1-4,14,22H,5-11H2. The summed E-state index contributed by atoms with van der Waals surface area (Å²) in [6, 6.07) is 4.30. The summed E-state index contributed by atoms with van der Waals surface area (Å²) in [5, 5.41) is 9.82. The van der Waals surface area contributed by atoms with Crippen LogP contribution in [-0.4, -0.2) is 47.3 Å². The Morgan fingerprint density at radius 3 is 2.38 bits per heavy atom. The molecule has 132 valence electrons. The Kier molecular flexibility index (Phi) is 4.57. The summed E-state index contributed by atoms with van der Waals surface area (Å²) in [6.45, 7) is 1.48. The number of aliphatic hydroxyl groups is 1. The van der Waals surface area contributed by atoms with Crippen molar-refractivity contribution in [3.63, 3.8) is 0 Å². The lowest BCUT2D eigenvalue weighted by atomic mass is 9.83. The van der Waals surface area contributed by atoms with E-state index in [-0.39, 0.29) is 23.2 Å². The average Bonchev–Trinajstić information content (AvgIpc) is 2.54. The molecule has 1 N–H and O–H groups in total. The molecule has 1 atom stereocenters. The number of benzene rings is 1. The van der Waals surface area contributed by atoms with Gasteiger partial charge < -0.3 is 14.7 Å². The zero-order valence-corrected chi connectivity index (χ0v) is 13.2. The molecule has 1 amide bonds. The van der Waals surface area contributed by atoms with Crippen LogP contribution in [0.5, 0.6) is 0 Å². The molecule has 2 fully saturated rings. The molecule has 1 aromatic rings. The second kappa shape index (κ2) is 6.37. The van der Waals surface area contributed by atoms with Crippen LogP contribution in [-0.2, 0) is 10.9 Å². The first-order valence-corrected chi connectivity index (χ1v) is 8.08. The van der Waals surface area contributed by atoms with Crippen molar-refractivity contribution in [2.45, 2.75) is 43.6 Å². The van der Waals surface area contributed by atoms with Crippen molar-refractivity contribution < 1.29 is 27.8 Å².